The van der Waals surface area contributed by atoms with E-state index in [0.29, 0.717) is 12.1 Å². The smallest absolute Gasteiger partial charge is 0.269 e. The maximum Gasteiger partial charge on any atom is 0.269 e. The van der Waals surface area contributed by atoms with Crippen molar-refractivity contribution in [3.8, 4) is 0 Å². The van der Waals surface area contributed by atoms with E-state index in [1.165, 1.54) is 12.1 Å². The molecular formula is C17H18N6O3. The highest BCUT2D eigenvalue weighted by molar-refractivity contribution is 5.99. The molecule has 1 aliphatic rings. The number of hydrazine groups is 1. The van der Waals surface area contributed by atoms with Gasteiger partial charge in [-0.2, -0.15) is 5.10 Å². The first kappa shape index (κ1) is 17.6. The number of carbonyl (C=O) groups is 1. The second-order valence-corrected chi connectivity index (χ2v) is 5.89. The molecule has 134 valence electrons. The number of pyridine rings is 1. The Labute approximate surface area is 149 Å². The number of hydrogen-bond donors (Lipinski definition) is 3. The van der Waals surface area contributed by atoms with Crippen molar-refractivity contribution in [3.63, 3.8) is 0 Å². The summed E-state index contributed by atoms with van der Waals surface area (Å²) in [5.74, 6) is -0.279. The molecule has 0 radical (unpaired) electrons. The predicted octanol–water partition coefficient (Wildman–Crippen LogP) is 1.44. The average molecular weight is 354 g/mol. The molecule has 1 aliphatic heterocycles. The van der Waals surface area contributed by atoms with Crippen molar-refractivity contribution in [2.24, 2.45) is 5.10 Å². The Morgan fingerprint density at radius 1 is 1.31 bits per heavy atom. The van der Waals surface area contributed by atoms with Crippen LogP contribution in [0.25, 0.3) is 0 Å². The van der Waals surface area contributed by atoms with Gasteiger partial charge in [-0.15, -0.1) is 0 Å². The van der Waals surface area contributed by atoms with Gasteiger partial charge >= 0.3 is 0 Å². The zero-order valence-corrected chi connectivity index (χ0v) is 14.0. The Kier molecular flexibility index (Phi) is 5.30. The summed E-state index contributed by atoms with van der Waals surface area (Å²) in [7, 11) is 0. The van der Waals surface area contributed by atoms with Crippen LogP contribution in [0.3, 0.4) is 0 Å². The van der Waals surface area contributed by atoms with Crippen LogP contribution in [0.15, 0.2) is 53.9 Å². The van der Waals surface area contributed by atoms with Gasteiger partial charge in [0.2, 0.25) is 0 Å². The predicted molar refractivity (Wildman–Crippen MR) is 95.1 cm³/mol. The summed E-state index contributed by atoms with van der Waals surface area (Å²) in [6, 6.07) is 9.28. The highest BCUT2D eigenvalue weighted by atomic mass is 16.6. The summed E-state index contributed by atoms with van der Waals surface area (Å²) in [5, 5.41) is 15.0. The molecule has 0 spiro atoms. The van der Waals surface area contributed by atoms with Gasteiger partial charge in [-0.1, -0.05) is 12.1 Å². The zero-order chi connectivity index (χ0) is 18.5. The molecule has 1 aromatic heterocycles. The van der Waals surface area contributed by atoms with Gasteiger partial charge in [-0.05, 0) is 31.0 Å². The van der Waals surface area contributed by atoms with Crippen molar-refractivity contribution in [2.75, 3.05) is 0 Å². The largest absolute Gasteiger partial charge is 0.271 e. The number of hydrazone groups is 1. The van der Waals surface area contributed by atoms with Crippen LogP contribution in [0, 0.1) is 10.1 Å². The van der Waals surface area contributed by atoms with Gasteiger partial charge in [-0.25, -0.2) is 16.3 Å². The van der Waals surface area contributed by atoms with E-state index in [1.54, 1.807) is 43.6 Å². The Morgan fingerprint density at radius 2 is 2.08 bits per heavy atom. The van der Waals surface area contributed by atoms with E-state index in [9.17, 15) is 14.9 Å². The number of nitrogens with one attached hydrogen (secondary N) is 3. The van der Waals surface area contributed by atoms with Gasteiger partial charge in [0, 0.05) is 36.1 Å². The summed E-state index contributed by atoms with van der Waals surface area (Å²) < 4.78 is 0. The molecule has 1 aromatic carbocycles. The molecule has 0 bridgehead atoms. The van der Waals surface area contributed by atoms with Crippen LogP contribution >= 0.6 is 0 Å². The molecule has 0 aliphatic carbocycles. The number of non-ortho nitro benzene ring substituents is 1. The van der Waals surface area contributed by atoms with Gasteiger partial charge < -0.3 is 0 Å². The number of carbonyl (C=O) groups excluding carboxylic acids is 1. The Bertz CT molecular complexity index is 839. The first-order valence-corrected chi connectivity index (χ1v) is 8.04. The number of benzene rings is 1. The summed E-state index contributed by atoms with van der Waals surface area (Å²) in [6.07, 6.45) is 3.77. The van der Waals surface area contributed by atoms with Gasteiger partial charge in [0.15, 0.2) is 0 Å². The second kappa shape index (κ2) is 7.81. The Morgan fingerprint density at radius 3 is 2.81 bits per heavy atom. The minimum Gasteiger partial charge on any atom is -0.271 e. The summed E-state index contributed by atoms with van der Waals surface area (Å²) in [6.45, 7) is 1.79. The third-order valence-corrected chi connectivity index (χ3v) is 4.13. The van der Waals surface area contributed by atoms with Crippen LogP contribution < -0.4 is 16.3 Å². The molecular weight excluding hydrogens is 336 g/mol. The highest BCUT2D eigenvalue weighted by Gasteiger charge is 2.30. The van der Waals surface area contributed by atoms with Crippen molar-refractivity contribution < 1.29 is 9.72 Å². The van der Waals surface area contributed by atoms with E-state index in [4.69, 9.17) is 0 Å². The molecule has 2 unspecified atom stereocenters. The van der Waals surface area contributed by atoms with Crippen molar-refractivity contribution in [1.82, 2.24) is 21.3 Å². The van der Waals surface area contributed by atoms with Gasteiger partial charge in [-0.3, -0.25) is 19.9 Å². The molecule has 3 N–H and O–H groups in total. The molecule has 2 aromatic rings. The van der Waals surface area contributed by atoms with Crippen molar-refractivity contribution in [3.05, 3.63) is 70.0 Å². The number of amides is 1. The van der Waals surface area contributed by atoms with Crippen LogP contribution in [0.1, 0.15) is 30.5 Å². The molecule has 9 heteroatoms. The minimum absolute atomic E-state index is 0.0229. The number of hydrogen-bond acceptors (Lipinski definition) is 7. The van der Waals surface area contributed by atoms with Gasteiger partial charge in [0.1, 0.15) is 6.04 Å². The van der Waals surface area contributed by atoms with E-state index >= 15 is 0 Å². The van der Waals surface area contributed by atoms with Gasteiger partial charge in [0.25, 0.3) is 11.6 Å². The maximum atomic E-state index is 12.3. The number of nitro benzene ring substituents is 1. The van der Waals surface area contributed by atoms with E-state index < -0.39 is 11.0 Å². The maximum absolute atomic E-state index is 12.3. The highest BCUT2D eigenvalue weighted by Crippen LogP contribution is 2.25. The fraction of sp³-hybridized carbons (Fsp3) is 0.235. The molecule has 9 nitrogen and oxygen atoms in total. The SMILES string of the molecule is C/C(=N\NC(=O)C1CC(c2cccc([N+](=O)[O-])c2)NN1)c1ccncc1. The normalized spacial score (nSPS) is 20.0. The minimum atomic E-state index is -0.492. The second-order valence-electron chi connectivity index (χ2n) is 5.89. The van der Waals surface area contributed by atoms with Crippen LogP contribution in [-0.4, -0.2) is 27.6 Å². The van der Waals surface area contributed by atoms with E-state index in [1.807, 2.05) is 0 Å². The fourth-order valence-corrected chi connectivity index (χ4v) is 2.68. The Hall–Kier alpha value is -3.17. The van der Waals surface area contributed by atoms with E-state index in [2.05, 4.69) is 26.4 Å². The topological polar surface area (TPSA) is 122 Å². The van der Waals surface area contributed by atoms with Crippen LogP contribution in [0.5, 0.6) is 0 Å². The molecule has 1 amide bonds. The summed E-state index contributed by atoms with van der Waals surface area (Å²) >= 11 is 0. The molecule has 1 saturated heterocycles. The summed E-state index contributed by atoms with van der Waals surface area (Å²) in [5.41, 5.74) is 10.8. The number of nitro groups is 1. The lowest BCUT2D eigenvalue weighted by molar-refractivity contribution is -0.384. The van der Waals surface area contributed by atoms with E-state index in [-0.39, 0.29) is 17.6 Å². The summed E-state index contributed by atoms with van der Waals surface area (Å²) in [4.78, 5) is 26.7. The van der Waals surface area contributed by atoms with Crippen molar-refractivity contribution in [1.29, 1.82) is 0 Å². The number of nitrogens with zero attached hydrogens (tertiary/aromatic N) is 3. The molecule has 0 saturated carbocycles. The van der Waals surface area contributed by atoms with E-state index in [0.717, 1.165) is 11.1 Å². The Balaban J connectivity index is 1.61. The molecule has 1 fully saturated rings. The van der Waals surface area contributed by atoms with Crippen molar-refractivity contribution in [2.45, 2.75) is 25.4 Å². The quantitative estimate of drug-likeness (QED) is 0.424. The molecule has 26 heavy (non-hydrogen) atoms. The van der Waals surface area contributed by atoms with Crippen LogP contribution in [-0.2, 0) is 4.79 Å². The number of rotatable bonds is 5. The van der Waals surface area contributed by atoms with Crippen molar-refractivity contribution >= 4 is 17.3 Å². The molecule has 2 heterocycles. The molecule has 3 rings (SSSR count). The fourth-order valence-electron chi connectivity index (χ4n) is 2.68. The zero-order valence-electron chi connectivity index (χ0n) is 14.0. The molecule has 2 atom stereocenters. The lowest BCUT2D eigenvalue weighted by atomic mass is 10.0. The standard InChI is InChI=1S/C17H18N6O3/c1-11(12-5-7-18-8-6-12)19-22-17(24)16-10-15(20-21-16)13-3-2-4-14(9-13)23(25)26/h2-9,15-16,20-21H,10H2,1H3,(H,22,24)/b19-11+. The van der Waals surface area contributed by atoms with Crippen LogP contribution in [0.4, 0.5) is 5.69 Å². The first-order chi connectivity index (χ1) is 12.5. The number of aromatic nitrogens is 1. The lowest BCUT2D eigenvalue weighted by Crippen LogP contribution is -2.41. The first-order valence-electron chi connectivity index (χ1n) is 8.04. The lowest BCUT2D eigenvalue weighted by Gasteiger charge is -2.09. The third-order valence-electron chi connectivity index (χ3n) is 4.13. The van der Waals surface area contributed by atoms with Crippen LogP contribution in [0.2, 0.25) is 0 Å². The monoisotopic (exact) mass is 354 g/mol. The average Bonchev–Trinajstić information content (AvgIpc) is 3.17. The van der Waals surface area contributed by atoms with Gasteiger partial charge in [0.05, 0.1) is 10.6 Å². The third kappa shape index (κ3) is 4.08.